The molecule has 1 aromatic heterocycles. The van der Waals surface area contributed by atoms with Gasteiger partial charge in [0.25, 0.3) is 0 Å². The van der Waals surface area contributed by atoms with E-state index >= 15 is 0 Å². The predicted molar refractivity (Wildman–Crippen MR) is 95.6 cm³/mol. The van der Waals surface area contributed by atoms with E-state index in [1.807, 2.05) is 31.2 Å². The van der Waals surface area contributed by atoms with E-state index in [0.717, 1.165) is 11.3 Å². The van der Waals surface area contributed by atoms with Gasteiger partial charge in [0.05, 0.1) is 5.02 Å². The molecular weight excluding hydrogens is 329 g/mol. The monoisotopic (exact) mass is 343 g/mol. The minimum absolute atomic E-state index is 0.0192. The van der Waals surface area contributed by atoms with Crippen molar-refractivity contribution in [1.82, 2.24) is 9.97 Å². The second-order valence-electron chi connectivity index (χ2n) is 5.23. The summed E-state index contributed by atoms with van der Waals surface area (Å²) in [5.74, 6) is 0.397. The van der Waals surface area contributed by atoms with Gasteiger partial charge in [0.15, 0.2) is 11.6 Å². The van der Waals surface area contributed by atoms with E-state index in [1.54, 1.807) is 6.07 Å². The van der Waals surface area contributed by atoms with E-state index in [2.05, 4.69) is 20.6 Å². The van der Waals surface area contributed by atoms with Crippen molar-refractivity contribution < 1.29 is 4.39 Å². The Hall–Kier alpha value is -2.86. The summed E-state index contributed by atoms with van der Waals surface area (Å²) in [6, 6.07) is 12.1. The molecule has 0 aliphatic heterocycles. The second-order valence-corrected chi connectivity index (χ2v) is 5.64. The molecule has 0 radical (unpaired) electrons. The van der Waals surface area contributed by atoms with Crippen molar-refractivity contribution in [3.63, 3.8) is 0 Å². The average molecular weight is 344 g/mol. The summed E-state index contributed by atoms with van der Waals surface area (Å²) in [5.41, 5.74) is 9.04. The number of rotatable bonds is 4. The van der Waals surface area contributed by atoms with E-state index in [1.165, 1.54) is 18.5 Å². The van der Waals surface area contributed by atoms with Crippen molar-refractivity contribution in [3.05, 3.63) is 65.2 Å². The highest BCUT2D eigenvalue weighted by atomic mass is 35.5. The summed E-state index contributed by atoms with van der Waals surface area (Å²) in [4.78, 5) is 8.29. The van der Waals surface area contributed by atoms with Gasteiger partial charge in [-0.25, -0.2) is 14.4 Å². The summed E-state index contributed by atoms with van der Waals surface area (Å²) >= 11 is 5.78. The Morgan fingerprint density at radius 3 is 2.29 bits per heavy atom. The van der Waals surface area contributed by atoms with E-state index in [4.69, 9.17) is 17.3 Å². The Bertz CT molecular complexity index is 885. The molecule has 3 aromatic rings. The third-order valence-electron chi connectivity index (χ3n) is 3.35. The molecular formula is C17H15ClFN5. The van der Waals surface area contributed by atoms with E-state index in [-0.39, 0.29) is 5.02 Å². The molecule has 3 rings (SSSR count). The quantitative estimate of drug-likeness (QED) is 0.643. The number of nitrogens with two attached hydrogens (primary N) is 1. The third-order valence-corrected chi connectivity index (χ3v) is 3.64. The fourth-order valence-electron chi connectivity index (χ4n) is 2.16. The molecule has 0 saturated carbocycles. The lowest BCUT2D eigenvalue weighted by atomic mass is 10.2. The van der Waals surface area contributed by atoms with Crippen LogP contribution in [0.4, 0.5) is 33.1 Å². The molecule has 24 heavy (non-hydrogen) atoms. The van der Waals surface area contributed by atoms with Crippen LogP contribution in [0.25, 0.3) is 0 Å². The smallest absolute Gasteiger partial charge is 0.159 e. The highest BCUT2D eigenvalue weighted by Crippen LogP contribution is 2.29. The minimum atomic E-state index is -0.486. The molecule has 4 N–H and O–H groups in total. The molecule has 7 heteroatoms. The van der Waals surface area contributed by atoms with Crippen molar-refractivity contribution in [2.24, 2.45) is 0 Å². The molecule has 0 fully saturated rings. The van der Waals surface area contributed by atoms with Crippen LogP contribution in [0.2, 0.25) is 5.02 Å². The van der Waals surface area contributed by atoms with Gasteiger partial charge in [0.1, 0.15) is 17.8 Å². The van der Waals surface area contributed by atoms with Crippen LogP contribution < -0.4 is 16.4 Å². The van der Waals surface area contributed by atoms with Crippen LogP contribution in [-0.4, -0.2) is 9.97 Å². The average Bonchev–Trinajstić information content (AvgIpc) is 2.55. The van der Waals surface area contributed by atoms with E-state index in [0.29, 0.717) is 23.0 Å². The molecule has 0 spiro atoms. The maximum absolute atomic E-state index is 13.2. The largest absolute Gasteiger partial charge is 0.393 e. The van der Waals surface area contributed by atoms with Crippen LogP contribution in [0.5, 0.6) is 0 Å². The first-order chi connectivity index (χ1) is 11.5. The molecule has 1 heterocycles. The van der Waals surface area contributed by atoms with Crippen molar-refractivity contribution >= 4 is 40.3 Å². The SMILES string of the molecule is Cc1cccc(Nc2ncnc(Nc3ccc(F)c(Cl)c3)c2N)c1. The van der Waals surface area contributed by atoms with Crippen molar-refractivity contribution in [3.8, 4) is 0 Å². The normalized spacial score (nSPS) is 10.5. The summed E-state index contributed by atoms with van der Waals surface area (Å²) in [5, 5.41) is 6.19. The zero-order valence-corrected chi connectivity index (χ0v) is 13.6. The van der Waals surface area contributed by atoms with Gasteiger partial charge in [-0.2, -0.15) is 0 Å². The van der Waals surface area contributed by atoms with Crippen LogP contribution in [-0.2, 0) is 0 Å². The van der Waals surface area contributed by atoms with Gasteiger partial charge in [0, 0.05) is 11.4 Å². The van der Waals surface area contributed by atoms with Gasteiger partial charge in [-0.05, 0) is 42.8 Å². The molecule has 2 aromatic carbocycles. The summed E-state index contributed by atoms with van der Waals surface area (Å²) < 4.78 is 13.2. The number of nitrogens with one attached hydrogen (secondary N) is 2. The lowest BCUT2D eigenvalue weighted by molar-refractivity contribution is 0.628. The number of hydrogen-bond acceptors (Lipinski definition) is 5. The number of benzene rings is 2. The number of aryl methyl sites for hydroxylation is 1. The fraction of sp³-hybridized carbons (Fsp3) is 0.0588. The number of halogens is 2. The molecule has 0 saturated heterocycles. The number of hydrogen-bond donors (Lipinski definition) is 3. The van der Waals surface area contributed by atoms with Crippen LogP contribution >= 0.6 is 11.6 Å². The molecule has 0 aliphatic carbocycles. The lowest BCUT2D eigenvalue weighted by Crippen LogP contribution is -2.05. The predicted octanol–water partition coefficient (Wildman–Crippen LogP) is 4.65. The highest BCUT2D eigenvalue weighted by Gasteiger charge is 2.10. The van der Waals surface area contributed by atoms with Crippen LogP contribution in [0.3, 0.4) is 0 Å². The van der Waals surface area contributed by atoms with Gasteiger partial charge in [0.2, 0.25) is 0 Å². The first-order valence-electron chi connectivity index (χ1n) is 7.19. The molecule has 0 amide bonds. The minimum Gasteiger partial charge on any atom is -0.393 e. The standard InChI is InChI=1S/C17H15ClFN5/c1-10-3-2-4-11(7-10)23-16-15(20)17(22-9-21-16)24-12-5-6-14(19)13(18)8-12/h2-9H,20H2,1H3,(H2,21,22,23,24). The van der Waals surface area contributed by atoms with Gasteiger partial charge < -0.3 is 16.4 Å². The fourth-order valence-corrected chi connectivity index (χ4v) is 2.35. The van der Waals surface area contributed by atoms with Gasteiger partial charge in [-0.3, -0.25) is 0 Å². The lowest BCUT2D eigenvalue weighted by Gasteiger charge is -2.13. The number of anilines is 5. The number of nitrogen functional groups attached to an aromatic ring is 1. The van der Waals surface area contributed by atoms with Gasteiger partial charge >= 0.3 is 0 Å². The summed E-state index contributed by atoms with van der Waals surface area (Å²) in [6.07, 6.45) is 1.39. The van der Waals surface area contributed by atoms with Gasteiger partial charge in [-0.15, -0.1) is 0 Å². The van der Waals surface area contributed by atoms with Crippen LogP contribution in [0.15, 0.2) is 48.8 Å². The molecule has 0 bridgehead atoms. The van der Waals surface area contributed by atoms with E-state index in [9.17, 15) is 4.39 Å². The Labute approximate surface area is 143 Å². The van der Waals surface area contributed by atoms with E-state index < -0.39 is 5.82 Å². The van der Waals surface area contributed by atoms with Crippen molar-refractivity contribution in [1.29, 1.82) is 0 Å². The molecule has 0 unspecified atom stereocenters. The maximum Gasteiger partial charge on any atom is 0.159 e. The first kappa shape index (κ1) is 16.0. The van der Waals surface area contributed by atoms with Gasteiger partial charge in [-0.1, -0.05) is 23.7 Å². The van der Waals surface area contributed by atoms with Crippen molar-refractivity contribution in [2.75, 3.05) is 16.4 Å². The Morgan fingerprint density at radius 1 is 1.00 bits per heavy atom. The highest BCUT2D eigenvalue weighted by molar-refractivity contribution is 6.31. The molecule has 5 nitrogen and oxygen atoms in total. The van der Waals surface area contributed by atoms with Crippen LogP contribution in [0.1, 0.15) is 5.56 Å². The Balaban J connectivity index is 1.86. The first-order valence-corrected chi connectivity index (χ1v) is 7.57. The third kappa shape index (κ3) is 3.55. The topological polar surface area (TPSA) is 75.9 Å². The second kappa shape index (κ2) is 6.72. The zero-order chi connectivity index (χ0) is 17.1. The number of nitrogens with zero attached hydrogens (tertiary/aromatic N) is 2. The molecule has 0 aliphatic rings. The molecule has 0 atom stereocenters. The Morgan fingerprint density at radius 2 is 1.67 bits per heavy atom. The summed E-state index contributed by atoms with van der Waals surface area (Å²) in [7, 11) is 0. The number of aromatic nitrogens is 2. The Kier molecular flexibility index (Phi) is 4.48. The van der Waals surface area contributed by atoms with Crippen molar-refractivity contribution in [2.45, 2.75) is 6.92 Å². The van der Waals surface area contributed by atoms with Crippen LogP contribution in [0, 0.1) is 12.7 Å². The molecule has 122 valence electrons. The summed E-state index contributed by atoms with van der Waals surface area (Å²) in [6.45, 7) is 2.00. The maximum atomic E-state index is 13.2. The zero-order valence-electron chi connectivity index (χ0n) is 12.8.